The van der Waals surface area contributed by atoms with Gasteiger partial charge in [0.15, 0.2) is 6.10 Å². The Morgan fingerprint density at radius 1 is 1.30 bits per heavy atom. The first-order valence-electron chi connectivity index (χ1n) is 6.70. The molecule has 5 nitrogen and oxygen atoms in total. The van der Waals surface area contributed by atoms with Crippen molar-refractivity contribution in [1.82, 2.24) is 5.43 Å². The van der Waals surface area contributed by atoms with Crippen LogP contribution in [0.25, 0.3) is 0 Å². The van der Waals surface area contributed by atoms with Crippen molar-refractivity contribution in [2.24, 2.45) is 5.10 Å². The van der Waals surface area contributed by atoms with Gasteiger partial charge in [0.1, 0.15) is 11.5 Å². The predicted octanol–water partition coefficient (Wildman–Crippen LogP) is 3.62. The lowest BCUT2D eigenvalue weighted by Gasteiger charge is -2.14. The molecule has 0 aliphatic carbocycles. The zero-order valence-corrected chi connectivity index (χ0v) is 13.7. The molecular formula is C16H14Cl2N2O3. The predicted molar refractivity (Wildman–Crippen MR) is 90.4 cm³/mol. The second-order valence-electron chi connectivity index (χ2n) is 4.63. The van der Waals surface area contributed by atoms with E-state index in [4.69, 9.17) is 27.9 Å². The van der Waals surface area contributed by atoms with E-state index in [0.717, 1.165) is 0 Å². The number of benzene rings is 2. The topological polar surface area (TPSA) is 70.9 Å². The van der Waals surface area contributed by atoms with Crippen LogP contribution in [0.15, 0.2) is 47.6 Å². The maximum atomic E-state index is 11.9. The summed E-state index contributed by atoms with van der Waals surface area (Å²) in [5.41, 5.74) is 2.82. The van der Waals surface area contributed by atoms with Crippen molar-refractivity contribution in [3.63, 3.8) is 0 Å². The van der Waals surface area contributed by atoms with E-state index in [1.54, 1.807) is 37.3 Å². The van der Waals surface area contributed by atoms with E-state index in [9.17, 15) is 9.90 Å². The summed E-state index contributed by atoms with van der Waals surface area (Å²) in [4.78, 5) is 11.9. The smallest absolute Gasteiger partial charge is 0.280 e. The minimum atomic E-state index is -0.810. The highest BCUT2D eigenvalue weighted by atomic mass is 35.5. The Labute approximate surface area is 143 Å². The highest BCUT2D eigenvalue weighted by molar-refractivity contribution is 6.35. The third kappa shape index (κ3) is 4.87. The van der Waals surface area contributed by atoms with Crippen molar-refractivity contribution in [2.45, 2.75) is 13.0 Å². The molecule has 0 bridgehead atoms. The Hall–Kier alpha value is -2.24. The first-order chi connectivity index (χ1) is 11.0. The number of hydrogen-bond donors (Lipinski definition) is 2. The van der Waals surface area contributed by atoms with Gasteiger partial charge in [-0.25, -0.2) is 5.43 Å². The van der Waals surface area contributed by atoms with Crippen molar-refractivity contribution in [3.05, 3.63) is 58.1 Å². The zero-order chi connectivity index (χ0) is 16.8. The molecule has 120 valence electrons. The SMILES string of the molecule is C[C@H](Oc1ccc(Cl)cc1Cl)C(=O)N/N=C/c1ccccc1O. The Bertz CT molecular complexity index is 735. The number of nitrogens with zero attached hydrogens (tertiary/aromatic N) is 1. The molecule has 0 radical (unpaired) electrons. The number of carbonyl (C=O) groups excluding carboxylic acids is 1. The van der Waals surface area contributed by atoms with Crippen LogP contribution in [0, 0.1) is 0 Å². The molecule has 2 aromatic rings. The van der Waals surface area contributed by atoms with Gasteiger partial charge < -0.3 is 9.84 Å². The van der Waals surface area contributed by atoms with Crippen LogP contribution in [-0.2, 0) is 4.79 Å². The summed E-state index contributed by atoms with van der Waals surface area (Å²) < 4.78 is 5.46. The number of ether oxygens (including phenoxy) is 1. The van der Waals surface area contributed by atoms with Crippen molar-refractivity contribution in [1.29, 1.82) is 0 Å². The monoisotopic (exact) mass is 352 g/mol. The number of para-hydroxylation sites is 1. The average molecular weight is 353 g/mol. The van der Waals surface area contributed by atoms with Crippen LogP contribution >= 0.6 is 23.2 Å². The van der Waals surface area contributed by atoms with E-state index in [1.807, 2.05) is 0 Å². The normalized spacial score (nSPS) is 12.1. The fourth-order valence-electron chi connectivity index (χ4n) is 1.67. The lowest BCUT2D eigenvalue weighted by molar-refractivity contribution is -0.127. The summed E-state index contributed by atoms with van der Waals surface area (Å²) in [5, 5.41) is 14.2. The summed E-state index contributed by atoms with van der Waals surface area (Å²) in [5.74, 6) is -0.0335. The van der Waals surface area contributed by atoms with Gasteiger partial charge in [-0.15, -0.1) is 0 Å². The molecule has 1 amide bonds. The number of hydrogen-bond acceptors (Lipinski definition) is 4. The third-order valence-corrected chi connectivity index (χ3v) is 3.41. The second kappa shape index (κ2) is 7.85. The molecule has 7 heteroatoms. The maximum absolute atomic E-state index is 11.9. The number of aromatic hydroxyl groups is 1. The summed E-state index contributed by atoms with van der Waals surface area (Å²) >= 11 is 11.8. The minimum absolute atomic E-state index is 0.0720. The van der Waals surface area contributed by atoms with Gasteiger partial charge in [0.25, 0.3) is 5.91 Å². The van der Waals surface area contributed by atoms with Crippen LogP contribution in [0.4, 0.5) is 0 Å². The molecule has 0 saturated carbocycles. The molecule has 2 N–H and O–H groups in total. The van der Waals surface area contributed by atoms with Crippen LogP contribution in [0.1, 0.15) is 12.5 Å². The van der Waals surface area contributed by atoms with Gasteiger partial charge in [-0.3, -0.25) is 4.79 Å². The van der Waals surface area contributed by atoms with E-state index >= 15 is 0 Å². The fraction of sp³-hybridized carbons (Fsp3) is 0.125. The maximum Gasteiger partial charge on any atom is 0.280 e. The zero-order valence-electron chi connectivity index (χ0n) is 12.2. The van der Waals surface area contributed by atoms with Gasteiger partial charge in [0.2, 0.25) is 0 Å². The first kappa shape index (κ1) is 17.1. The molecule has 0 saturated heterocycles. The molecule has 0 aromatic heterocycles. The number of nitrogens with one attached hydrogen (secondary N) is 1. The number of halogens is 2. The summed E-state index contributed by atoms with van der Waals surface area (Å²) in [6, 6.07) is 11.4. The first-order valence-corrected chi connectivity index (χ1v) is 7.45. The summed E-state index contributed by atoms with van der Waals surface area (Å²) in [6.45, 7) is 1.57. The molecule has 23 heavy (non-hydrogen) atoms. The quantitative estimate of drug-likeness (QED) is 0.637. The fourth-order valence-corrected chi connectivity index (χ4v) is 2.12. The lowest BCUT2D eigenvalue weighted by atomic mass is 10.2. The Morgan fingerprint density at radius 3 is 2.74 bits per heavy atom. The van der Waals surface area contributed by atoms with Gasteiger partial charge in [-0.2, -0.15) is 5.10 Å². The van der Waals surface area contributed by atoms with Gasteiger partial charge in [0, 0.05) is 10.6 Å². The van der Waals surface area contributed by atoms with Crippen LogP contribution in [0.5, 0.6) is 11.5 Å². The molecule has 0 aliphatic rings. The molecule has 2 rings (SSSR count). The summed E-state index contributed by atoms with van der Waals surface area (Å²) in [6.07, 6.45) is 0.532. The van der Waals surface area contributed by atoms with Crippen LogP contribution in [0.3, 0.4) is 0 Å². The van der Waals surface area contributed by atoms with E-state index in [0.29, 0.717) is 21.4 Å². The molecule has 0 fully saturated rings. The van der Waals surface area contributed by atoms with Crippen LogP contribution in [0.2, 0.25) is 10.0 Å². The number of amides is 1. The Morgan fingerprint density at radius 2 is 2.04 bits per heavy atom. The van der Waals surface area contributed by atoms with Crippen LogP contribution < -0.4 is 10.2 Å². The van der Waals surface area contributed by atoms with Crippen molar-refractivity contribution in [3.8, 4) is 11.5 Å². The van der Waals surface area contributed by atoms with Crippen LogP contribution in [-0.4, -0.2) is 23.3 Å². The second-order valence-corrected chi connectivity index (χ2v) is 5.47. The Kier molecular flexibility index (Phi) is 5.84. The number of rotatable bonds is 5. The minimum Gasteiger partial charge on any atom is -0.507 e. The summed E-state index contributed by atoms with van der Waals surface area (Å²) in [7, 11) is 0. The largest absolute Gasteiger partial charge is 0.507 e. The molecular weight excluding hydrogens is 339 g/mol. The highest BCUT2D eigenvalue weighted by Crippen LogP contribution is 2.28. The molecule has 1 atom stereocenters. The number of carbonyl (C=O) groups is 1. The average Bonchev–Trinajstić information content (AvgIpc) is 2.51. The molecule has 0 aliphatic heterocycles. The molecule has 0 heterocycles. The van der Waals surface area contributed by atoms with Gasteiger partial charge >= 0.3 is 0 Å². The van der Waals surface area contributed by atoms with E-state index in [-0.39, 0.29) is 5.75 Å². The molecule has 2 aromatic carbocycles. The van der Waals surface area contributed by atoms with E-state index < -0.39 is 12.0 Å². The highest BCUT2D eigenvalue weighted by Gasteiger charge is 2.15. The Balaban J connectivity index is 1.94. The number of phenols is 1. The molecule has 0 spiro atoms. The van der Waals surface area contributed by atoms with Gasteiger partial charge in [0.05, 0.1) is 11.2 Å². The van der Waals surface area contributed by atoms with E-state index in [2.05, 4.69) is 10.5 Å². The van der Waals surface area contributed by atoms with Gasteiger partial charge in [-0.05, 0) is 37.3 Å². The van der Waals surface area contributed by atoms with E-state index in [1.165, 1.54) is 18.3 Å². The van der Waals surface area contributed by atoms with Gasteiger partial charge in [-0.1, -0.05) is 35.3 Å². The standard InChI is InChI=1S/C16H14Cl2N2O3/c1-10(23-15-7-6-12(17)8-13(15)18)16(22)20-19-9-11-4-2-3-5-14(11)21/h2-10,21H,1H3,(H,20,22)/b19-9+/t10-/m0/s1. The number of phenolic OH excluding ortho intramolecular Hbond substituents is 1. The third-order valence-electron chi connectivity index (χ3n) is 2.88. The molecule has 0 unspecified atom stereocenters. The van der Waals surface area contributed by atoms with Crippen molar-refractivity contribution >= 4 is 35.3 Å². The number of hydrazone groups is 1. The van der Waals surface area contributed by atoms with Crippen molar-refractivity contribution < 1.29 is 14.6 Å². The van der Waals surface area contributed by atoms with Crippen molar-refractivity contribution in [2.75, 3.05) is 0 Å². The lowest BCUT2D eigenvalue weighted by Crippen LogP contribution is -2.33.